The Morgan fingerprint density at radius 2 is 1.96 bits per heavy atom. The van der Waals surface area contributed by atoms with E-state index in [1.807, 2.05) is 30.3 Å². The van der Waals surface area contributed by atoms with Crippen molar-refractivity contribution in [3.8, 4) is 5.75 Å². The van der Waals surface area contributed by atoms with Gasteiger partial charge in [-0.2, -0.15) is 0 Å². The second-order valence-electron chi connectivity index (χ2n) is 5.72. The van der Waals surface area contributed by atoms with Gasteiger partial charge in [-0.1, -0.05) is 59.6 Å². The zero-order chi connectivity index (χ0) is 17.7. The molecule has 0 bridgehead atoms. The summed E-state index contributed by atoms with van der Waals surface area (Å²) in [7, 11) is 0. The van der Waals surface area contributed by atoms with E-state index >= 15 is 0 Å². The van der Waals surface area contributed by atoms with Crippen LogP contribution in [0, 0.1) is 0 Å². The van der Waals surface area contributed by atoms with Gasteiger partial charge in [0, 0.05) is 10.2 Å². The second-order valence-corrected chi connectivity index (χ2v) is 7.04. The van der Waals surface area contributed by atoms with E-state index in [0.29, 0.717) is 16.7 Å². The molecule has 1 N–H and O–H groups in total. The van der Waals surface area contributed by atoms with E-state index in [1.54, 1.807) is 19.1 Å². The summed E-state index contributed by atoms with van der Waals surface area (Å²) in [6, 6.07) is 13.2. The number of hydrogen-bond donors (Lipinski definition) is 1. The molecule has 2 aromatic rings. The van der Waals surface area contributed by atoms with Crippen molar-refractivity contribution < 1.29 is 9.53 Å². The monoisotopic (exact) mass is 409 g/mol. The van der Waals surface area contributed by atoms with Crippen LogP contribution in [-0.4, -0.2) is 12.0 Å². The minimum Gasteiger partial charge on any atom is -0.479 e. The van der Waals surface area contributed by atoms with E-state index in [9.17, 15) is 4.79 Å². The Kier molecular flexibility index (Phi) is 6.69. The van der Waals surface area contributed by atoms with Gasteiger partial charge in [-0.15, -0.1) is 0 Å². The lowest BCUT2D eigenvalue weighted by atomic mass is 9.97. The number of nitrogens with one attached hydrogen (secondary N) is 1. The standard InChI is InChI=1S/C19H21BrClNO2/c1-4-12(2)15-7-5-6-8-17(15)22-19(23)13(3)24-18-10-9-14(20)11-16(18)21/h5-13H,4H2,1-3H3,(H,22,23)/t12-,13-/m0/s1. The number of carbonyl (C=O) groups excluding carboxylic acids is 1. The van der Waals surface area contributed by atoms with Crippen molar-refractivity contribution in [2.24, 2.45) is 0 Å². The normalized spacial score (nSPS) is 13.2. The fourth-order valence-corrected chi connectivity index (χ4v) is 3.03. The van der Waals surface area contributed by atoms with Gasteiger partial charge in [0.2, 0.25) is 0 Å². The third-order valence-electron chi connectivity index (χ3n) is 3.93. The van der Waals surface area contributed by atoms with Crippen LogP contribution in [0.3, 0.4) is 0 Å². The van der Waals surface area contributed by atoms with Crippen molar-refractivity contribution in [2.45, 2.75) is 39.2 Å². The van der Waals surface area contributed by atoms with Gasteiger partial charge < -0.3 is 10.1 Å². The molecule has 0 heterocycles. The lowest BCUT2D eigenvalue weighted by Gasteiger charge is -2.19. The number of para-hydroxylation sites is 1. The molecule has 0 fully saturated rings. The van der Waals surface area contributed by atoms with Crippen molar-refractivity contribution in [1.82, 2.24) is 0 Å². The number of rotatable bonds is 6. The Bertz CT molecular complexity index is 720. The van der Waals surface area contributed by atoms with Crippen molar-refractivity contribution >= 4 is 39.1 Å². The summed E-state index contributed by atoms with van der Waals surface area (Å²) in [5.41, 5.74) is 1.96. The van der Waals surface area contributed by atoms with Crippen LogP contribution in [0.1, 0.15) is 38.7 Å². The van der Waals surface area contributed by atoms with E-state index in [1.165, 1.54) is 0 Å². The Hall–Kier alpha value is -1.52. The highest BCUT2D eigenvalue weighted by molar-refractivity contribution is 9.10. The van der Waals surface area contributed by atoms with Crippen LogP contribution in [0.5, 0.6) is 5.75 Å². The topological polar surface area (TPSA) is 38.3 Å². The van der Waals surface area contributed by atoms with Crippen LogP contribution in [0.4, 0.5) is 5.69 Å². The van der Waals surface area contributed by atoms with Gasteiger partial charge in [-0.05, 0) is 49.1 Å². The minimum absolute atomic E-state index is 0.204. The number of benzene rings is 2. The van der Waals surface area contributed by atoms with Gasteiger partial charge in [-0.3, -0.25) is 4.79 Å². The first-order valence-corrected chi connectivity index (χ1v) is 9.11. The fourth-order valence-electron chi connectivity index (χ4n) is 2.31. The van der Waals surface area contributed by atoms with E-state index in [4.69, 9.17) is 16.3 Å². The lowest BCUT2D eigenvalue weighted by Crippen LogP contribution is -2.30. The number of amides is 1. The first-order valence-electron chi connectivity index (χ1n) is 7.93. The molecule has 128 valence electrons. The average Bonchev–Trinajstić information content (AvgIpc) is 2.57. The third-order valence-corrected chi connectivity index (χ3v) is 4.72. The lowest BCUT2D eigenvalue weighted by molar-refractivity contribution is -0.122. The zero-order valence-electron chi connectivity index (χ0n) is 14.0. The fraction of sp³-hybridized carbons (Fsp3) is 0.316. The van der Waals surface area contributed by atoms with E-state index in [-0.39, 0.29) is 5.91 Å². The molecular weight excluding hydrogens is 390 g/mol. The predicted octanol–water partition coefficient (Wildman–Crippen LogP) is 6.02. The van der Waals surface area contributed by atoms with Crippen LogP contribution < -0.4 is 10.1 Å². The third kappa shape index (κ3) is 4.74. The molecule has 0 aromatic heterocycles. The number of halogens is 2. The molecule has 0 aliphatic rings. The first-order chi connectivity index (χ1) is 11.4. The van der Waals surface area contributed by atoms with E-state index in [2.05, 4.69) is 35.1 Å². The molecule has 2 aromatic carbocycles. The molecule has 2 atom stereocenters. The van der Waals surface area contributed by atoms with Crippen LogP contribution >= 0.6 is 27.5 Å². The van der Waals surface area contributed by atoms with Gasteiger partial charge in [0.25, 0.3) is 5.91 Å². The van der Waals surface area contributed by atoms with Gasteiger partial charge >= 0.3 is 0 Å². The molecule has 0 unspecified atom stereocenters. The molecule has 3 nitrogen and oxygen atoms in total. The molecule has 1 amide bonds. The number of anilines is 1. The van der Waals surface area contributed by atoms with Crippen molar-refractivity contribution in [2.75, 3.05) is 5.32 Å². The molecule has 0 saturated heterocycles. The molecule has 0 radical (unpaired) electrons. The van der Waals surface area contributed by atoms with Crippen LogP contribution in [0.15, 0.2) is 46.9 Å². The largest absolute Gasteiger partial charge is 0.479 e. The molecule has 2 rings (SSSR count). The van der Waals surface area contributed by atoms with Crippen LogP contribution in [0.25, 0.3) is 0 Å². The smallest absolute Gasteiger partial charge is 0.265 e. The predicted molar refractivity (Wildman–Crippen MR) is 103 cm³/mol. The molecule has 5 heteroatoms. The van der Waals surface area contributed by atoms with Crippen molar-refractivity contribution in [1.29, 1.82) is 0 Å². The number of hydrogen-bond acceptors (Lipinski definition) is 2. The zero-order valence-corrected chi connectivity index (χ0v) is 16.3. The first kappa shape index (κ1) is 18.8. The Morgan fingerprint density at radius 1 is 1.25 bits per heavy atom. The van der Waals surface area contributed by atoms with Crippen molar-refractivity contribution in [3.63, 3.8) is 0 Å². The van der Waals surface area contributed by atoms with Crippen LogP contribution in [0.2, 0.25) is 5.02 Å². The maximum atomic E-state index is 12.5. The highest BCUT2D eigenvalue weighted by Gasteiger charge is 2.18. The maximum Gasteiger partial charge on any atom is 0.265 e. The molecule has 0 spiro atoms. The van der Waals surface area contributed by atoms with Gasteiger partial charge in [-0.25, -0.2) is 0 Å². The quantitative estimate of drug-likeness (QED) is 0.632. The summed E-state index contributed by atoms with van der Waals surface area (Å²) in [5, 5.41) is 3.42. The molecule has 0 aliphatic heterocycles. The van der Waals surface area contributed by atoms with Gasteiger partial charge in [0.1, 0.15) is 5.75 Å². The highest BCUT2D eigenvalue weighted by Crippen LogP contribution is 2.29. The summed E-state index contributed by atoms with van der Waals surface area (Å²) in [6.07, 6.45) is 0.349. The van der Waals surface area contributed by atoms with Crippen LogP contribution in [-0.2, 0) is 4.79 Å². The SMILES string of the molecule is CC[C@H](C)c1ccccc1NC(=O)[C@H](C)Oc1ccc(Br)cc1Cl. The van der Waals surface area contributed by atoms with Gasteiger partial charge in [0.15, 0.2) is 6.10 Å². The van der Waals surface area contributed by atoms with Gasteiger partial charge in [0.05, 0.1) is 5.02 Å². The summed E-state index contributed by atoms with van der Waals surface area (Å²) in [6.45, 7) is 5.98. The summed E-state index contributed by atoms with van der Waals surface area (Å²) < 4.78 is 6.56. The molecule has 24 heavy (non-hydrogen) atoms. The second kappa shape index (κ2) is 8.54. The molecule has 0 saturated carbocycles. The minimum atomic E-state index is -0.659. The number of carbonyl (C=O) groups is 1. The Labute approximate surface area is 156 Å². The highest BCUT2D eigenvalue weighted by atomic mass is 79.9. The van der Waals surface area contributed by atoms with E-state index < -0.39 is 6.10 Å². The van der Waals surface area contributed by atoms with Crippen molar-refractivity contribution in [3.05, 3.63) is 57.5 Å². The molecule has 0 aliphatic carbocycles. The maximum absolute atomic E-state index is 12.5. The Morgan fingerprint density at radius 3 is 2.62 bits per heavy atom. The average molecular weight is 411 g/mol. The summed E-state index contributed by atoms with van der Waals surface area (Å²) >= 11 is 9.48. The Balaban J connectivity index is 2.09. The van der Waals surface area contributed by atoms with E-state index in [0.717, 1.165) is 22.1 Å². The summed E-state index contributed by atoms with van der Waals surface area (Å²) in [4.78, 5) is 12.5. The number of ether oxygens (including phenoxy) is 1. The summed E-state index contributed by atoms with van der Waals surface area (Å²) in [5.74, 6) is 0.654. The molecular formula is C19H21BrClNO2.